The van der Waals surface area contributed by atoms with Crippen LogP contribution in [0.1, 0.15) is 40.5 Å². The minimum absolute atomic E-state index is 0.292. The van der Waals surface area contributed by atoms with Crippen molar-refractivity contribution in [3.63, 3.8) is 0 Å². The molecule has 0 saturated heterocycles. The Bertz CT molecular complexity index is 153. The van der Waals surface area contributed by atoms with Crippen LogP contribution in [0.5, 0.6) is 0 Å². The smallest absolute Gasteiger partial charge is 0.0717 e. The maximum absolute atomic E-state index is 9.15. The van der Waals surface area contributed by atoms with E-state index in [0.717, 1.165) is 19.6 Å². The number of hydrogen-bond acceptors (Lipinski definition) is 4. The van der Waals surface area contributed by atoms with E-state index in [1.807, 2.05) is 19.0 Å². The first-order valence-corrected chi connectivity index (χ1v) is 6.97. The average Bonchev–Trinajstić information content (AvgIpc) is 2.15. The SMILES string of the molecule is CCCN(CCC)CCO.CN(C)CC(C)(C)O. The summed E-state index contributed by atoms with van der Waals surface area (Å²) in [7, 11) is 3.88. The quantitative estimate of drug-likeness (QED) is 0.694. The summed E-state index contributed by atoms with van der Waals surface area (Å²) in [5.74, 6) is 0. The molecule has 0 aromatic rings. The molecule has 18 heavy (non-hydrogen) atoms. The number of likely N-dealkylation sites (N-methyl/N-ethyl adjacent to an activating group) is 1. The van der Waals surface area contributed by atoms with Crippen LogP contribution in [0.25, 0.3) is 0 Å². The Morgan fingerprint density at radius 1 is 0.944 bits per heavy atom. The van der Waals surface area contributed by atoms with Gasteiger partial charge in [0.1, 0.15) is 0 Å². The van der Waals surface area contributed by atoms with Crippen molar-refractivity contribution < 1.29 is 10.2 Å². The monoisotopic (exact) mass is 262 g/mol. The summed E-state index contributed by atoms with van der Waals surface area (Å²) >= 11 is 0. The normalized spacial score (nSPS) is 11.7. The van der Waals surface area contributed by atoms with Gasteiger partial charge in [-0.1, -0.05) is 13.8 Å². The van der Waals surface area contributed by atoms with Crippen molar-refractivity contribution in [1.29, 1.82) is 0 Å². The summed E-state index contributed by atoms with van der Waals surface area (Å²) in [6.07, 6.45) is 2.36. The maximum atomic E-state index is 9.15. The van der Waals surface area contributed by atoms with E-state index in [-0.39, 0.29) is 0 Å². The molecule has 0 aromatic heterocycles. The first kappa shape index (κ1) is 20.2. The number of nitrogens with zero attached hydrogens (tertiary/aromatic N) is 2. The molecule has 0 radical (unpaired) electrons. The highest BCUT2D eigenvalue weighted by atomic mass is 16.3. The Balaban J connectivity index is 0. The number of aliphatic hydroxyl groups excluding tert-OH is 1. The van der Waals surface area contributed by atoms with Crippen molar-refractivity contribution in [2.45, 2.75) is 46.1 Å². The van der Waals surface area contributed by atoms with Crippen LogP contribution in [-0.4, -0.2) is 72.5 Å². The van der Waals surface area contributed by atoms with Gasteiger partial charge in [-0.25, -0.2) is 0 Å². The predicted octanol–water partition coefficient (Wildman–Crippen LogP) is 1.42. The molecule has 4 heteroatoms. The lowest BCUT2D eigenvalue weighted by atomic mass is 10.1. The fourth-order valence-corrected chi connectivity index (χ4v) is 1.88. The fourth-order valence-electron chi connectivity index (χ4n) is 1.88. The van der Waals surface area contributed by atoms with Gasteiger partial charge in [-0.05, 0) is 53.9 Å². The highest BCUT2D eigenvalue weighted by molar-refractivity contribution is 4.67. The molecular formula is C14H34N2O2. The summed E-state index contributed by atoms with van der Waals surface area (Å²) in [4.78, 5) is 4.25. The van der Waals surface area contributed by atoms with Crippen LogP contribution < -0.4 is 0 Å². The molecule has 2 N–H and O–H groups in total. The minimum atomic E-state index is -0.552. The van der Waals surface area contributed by atoms with Gasteiger partial charge in [-0.3, -0.25) is 0 Å². The van der Waals surface area contributed by atoms with Gasteiger partial charge in [-0.2, -0.15) is 0 Å². The van der Waals surface area contributed by atoms with E-state index in [1.165, 1.54) is 12.8 Å². The zero-order valence-electron chi connectivity index (χ0n) is 13.2. The number of hydrogen-bond donors (Lipinski definition) is 2. The molecule has 0 rings (SSSR count). The Labute approximate surface area is 114 Å². The predicted molar refractivity (Wildman–Crippen MR) is 79.0 cm³/mol. The van der Waals surface area contributed by atoms with Gasteiger partial charge >= 0.3 is 0 Å². The lowest BCUT2D eigenvalue weighted by Crippen LogP contribution is -2.33. The molecule has 0 atom stereocenters. The summed E-state index contributed by atoms with van der Waals surface area (Å²) in [6, 6.07) is 0. The fraction of sp³-hybridized carbons (Fsp3) is 1.00. The van der Waals surface area contributed by atoms with Crippen LogP contribution in [0.4, 0.5) is 0 Å². The summed E-state index contributed by atoms with van der Waals surface area (Å²) < 4.78 is 0. The Morgan fingerprint density at radius 2 is 1.39 bits per heavy atom. The second-order valence-electron chi connectivity index (χ2n) is 5.62. The van der Waals surface area contributed by atoms with Crippen LogP contribution in [0.3, 0.4) is 0 Å². The van der Waals surface area contributed by atoms with Gasteiger partial charge in [0, 0.05) is 13.1 Å². The summed E-state index contributed by atoms with van der Waals surface area (Å²) in [5, 5.41) is 17.8. The first-order valence-electron chi connectivity index (χ1n) is 6.97. The Hall–Kier alpha value is -0.160. The molecule has 0 bridgehead atoms. The lowest BCUT2D eigenvalue weighted by Gasteiger charge is -2.21. The molecular weight excluding hydrogens is 228 g/mol. The molecule has 0 fully saturated rings. The van der Waals surface area contributed by atoms with Crippen molar-refractivity contribution >= 4 is 0 Å². The molecule has 0 aliphatic carbocycles. The van der Waals surface area contributed by atoms with E-state index < -0.39 is 5.60 Å². The van der Waals surface area contributed by atoms with Gasteiger partial charge in [0.15, 0.2) is 0 Å². The van der Waals surface area contributed by atoms with Crippen LogP contribution in [0, 0.1) is 0 Å². The van der Waals surface area contributed by atoms with Crippen LogP contribution in [-0.2, 0) is 0 Å². The van der Waals surface area contributed by atoms with Gasteiger partial charge < -0.3 is 20.0 Å². The van der Waals surface area contributed by atoms with Crippen molar-refractivity contribution in [2.75, 3.05) is 46.9 Å². The molecule has 0 spiro atoms. The molecule has 0 amide bonds. The van der Waals surface area contributed by atoms with E-state index in [1.54, 1.807) is 13.8 Å². The number of aliphatic hydroxyl groups is 2. The molecule has 0 saturated carbocycles. The third kappa shape index (κ3) is 18.2. The maximum Gasteiger partial charge on any atom is 0.0717 e. The molecule has 0 aliphatic heterocycles. The highest BCUT2D eigenvalue weighted by Crippen LogP contribution is 2.00. The van der Waals surface area contributed by atoms with Crippen molar-refractivity contribution in [2.24, 2.45) is 0 Å². The van der Waals surface area contributed by atoms with Crippen molar-refractivity contribution in [3.8, 4) is 0 Å². The summed E-state index contributed by atoms with van der Waals surface area (Å²) in [5.41, 5.74) is -0.552. The van der Waals surface area contributed by atoms with Crippen LogP contribution >= 0.6 is 0 Å². The first-order chi connectivity index (χ1) is 8.26. The van der Waals surface area contributed by atoms with Gasteiger partial charge in [-0.15, -0.1) is 0 Å². The largest absolute Gasteiger partial charge is 0.395 e. The van der Waals surface area contributed by atoms with E-state index >= 15 is 0 Å². The molecule has 4 nitrogen and oxygen atoms in total. The third-order valence-corrected chi connectivity index (χ3v) is 2.20. The lowest BCUT2D eigenvalue weighted by molar-refractivity contribution is 0.0519. The molecule has 0 aromatic carbocycles. The Kier molecular flexibility index (Phi) is 13.3. The van der Waals surface area contributed by atoms with E-state index in [0.29, 0.717) is 13.2 Å². The molecule has 112 valence electrons. The highest BCUT2D eigenvalue weighted by Gasteiger charge is 2.12. The zero-order valence-corrected chi connectivity index (χ0v) is 13.2. The number of rotatable bonds is 8. The molecule has 0 unspecified atom stereocenters. The van der Waals surface area contributed by atoms with E-state index in [9.17, 15) is 0 Å². The van der Waals surface area contributed by atoms with Crippen LogP contribution in [0.15, 0.2) is 0 Å². The minimum Gasteiger partial charge on any atom is -0.395 e. The van der Waals surface area contributed by atoms with Crippen molar-refractivity contribution in [3.05, 3.63) is 0 Å². The average molecular weight is 262 g/mol. The van der Waals surface area contributed by atoms with Gasteiger partial charge in [0.05, 0.1) is 12.2 Å². The Morgan fingerprint density at radius 3 is 1.56 bits per heavy atom. The van der Waals surface area contributed by atoms with Gasteiger partial charge in [0.25, 0.3) is 0 Å². The second kappa shape index (κ2) is 11.9. The third-order valence-electron chi connectivity index (χ3n) is 2.20. The van der Waals surface area contributed by atoms with Crippen molar-refractivity contribution in [1.82, 2.24) is 9.80 Å². The van der Waals surface area contributed by atoms with E-state index in [2.05, 4.69) is 18.7 Å². The second-order valence-corrected chi connectivity index (χ2v) is 5.62. The molecule has 0 aliphatic rings. The standard InChI is InChI=1S/C8H19NO.C6H15NO/c1-3-5-9(6-4-2)7-8-10;1-6(2,8)5-7(3)4/h10H,3-8H2,1-2H3;8H,5H2,1-4H3. The summed E-state index contributed by atoms with van der Waals surface area (Å²) in [6.45, 7) is 12.0. The topological polar surface area (TPSA) is 46.9 Å². The molecule has 0 heterocycles. The van der Waals surface area contributed by atoms with Crippen LogP contribution in [0.2, 0.25) is 0 Å². The van der Waals surface area contributed by atoms with E-state index in [4.69, 9.17) is 10.2 Å². The van der Waals surface area contributed by atoms with Gasteiger partial charge in [0.2, 0.25) is 0 Å². The zero-order chi connectivity index (χ0) is 14.6.